The first-order valence-electron chi connectivity index (χ1n) is 4.56. The Morgan fingerprint density at radius 1 is 1.31 bits per heavy atom. The van der Waals surface area contributed by atoms with Gasteiger partial charge in [0.05, 0.1) is 4.21 Å². The van der Waals surface area contributed by atoms with E-state index in [1.165, 1.54) is 35.6 Å². The van der Waals surface area contributed by atoms with Gasteiger partial charge in [0.1, 0.15) is 3.82 Å². The molecule has 0 unspecified atom stereocenters. The zero-order chi connectivity index (χ0) is 9.52. The lowest BCUT2D eigenvalue weighted by molar-refractivity contribution is 0.706. The molecule has 0 aliphatic heterocycles. The molecule has 4 heteroatoms. The standard InChI is InChI=1S/C9H14S4/c1-2-3-4-5-6-11-9-7-8(10)12-13-9/h7H,2-6H2,1H3. The van der Waals surface area contributed by atoms with Crippen molar-refractivity contribution in [2.75, 3.05) is 5.75 Å². The molecule has 1 heterocycles. The van der Waals surface area contributed by atoms with Crippen LogP contribution in [-0.4, -0.2) is 5.75 Å². The molecule has 0 atom stereocenters. The van der Waals surface area contributed by atoms with Gasteiger partial charge in [-0.3, -0.25) is 0 Å². The molecule has 0 aliphatic rings. The second-order valence-electron chi connectivity index (χ2n) is 2.86. The molecule has 0 saturated carbocycles. The summed E-state index contributed by atoms with van der Waals surface area (Å²) in [5.74, 6) is 1.25. The Balaban J connectivity index is 2.09. The van der Waals surface area contributed by atoms with Gasteiger partial charge < -0.3 is 0 Å². The van der Waals surface area contributed by atoms with E-state index in [9.17, 15) is 0 Å². The summed E-state index contributed by atoms with van der Waals surface area (Å²) in [7, 11) is 3.52. The van der Waals surface area contributed by atoms with E-state index < -0.39 is 0 Å². The van der Waals surface area contributed by atoms with Gasteiger partial charge in [0.15, 0.2) is 0 Å². The lowest BCUT2D eigenvalue weighted by atomic mass is 10.2. The van der Waals surface area contributed by atoms with Crippen LogP contribution in [0.4, 0.5) is 0 Å². The van der Waals surface area contributed by atoms with E-state index in [1.54, 1.807) is 10.3 Å². The number of rotatable bonds is 6. The molecule has 74 valence electrons. The number of hydrogen-bond acceptors (Lipinski definition) is 4. The third kappa shape index (κ3) is 5.15. The maximum absolute atomic E-state index is 5.07. The van der Waals surface area contributed by atoms with Crippen molar-refractivity contribution in [3.05, 3.63) is 9.89 Å². The molecule has 0 saturated heterocycles. The average Bonchev–Trinajstić information content (AvgIpc) is 2.51. The van der Waals surface area contributed by atoms with Gasteiger partial charge in [0, 0.05) is 0 Å². The fourth-order valence-corrected chi connectivity index (χ4v) is 4.93. The summed E-state index contributed by atoms with van der Waals surface area (Å²) in [6.07, 6.45) is 5.41. The van der Waals surface area contributed by atoms with E-state index in [0.717, 1.165) is 3.82 Å². The van der Waals surface area contributed by atoms with Gasteiger partial charge in [-0.1, -0.05) is 59.1 Å². The second kappa shape index (κ2) is 6.98. The van der Waals surface area contributed by atoms with Crippen LogP contribution < -0.4 is 0 Å². The minimum Gasteiger partial charge on any atom is -0.115 e. The first kappa shape index (κ1) is 11.7. The van der Waals surface area contributed by atoms with Gasteiger partial charge in [-0.15, -0.1) is 11.8 Å². The number of unbranched alkanes of at least 4 members (excludes halogenated alkanes) is 3. The molecule has 0 nitrogen and oxygen atoms in total. The van der Waals surface area contributed by atoms with Gasteiger partial charge in [-0.2, -0.15) is 0 Å². The monoisotopic (exact) mass is 250 g/mol. The summed E-state index contributed by atoms with van der Waals surface area (Å²) in [5, 5.41) is 0. The molecule has 0 aromatic carbocycles. The van der Waals surface area contributed by atoms with Crippen molar-refractivity contribution in [2.45, 2.75) is 36.8 Å². The highest BCUT2D eigenvalue weighted by Crippen LogP contribution is 2.29. The van der Waals surface area contributed by atoms with E-state index in [2.05, 4.69) is 13.0 Å². The third-order valence-electron chi connectivity index (χ3n) is 1.68. The molecule has 1 rings (SSSR count). The molecule has 13 heavy (non-hydrogen) atoms. The minimum atomic E-state index is 1.03. The predicted molar refractivity (Wildman–Crippen MR) is 67.9 cm³/mol. The SMILES string of the molecule is CCCCCCSc1cc(=S)ss1. The van der Waals surface area contributed by atoms with Crippen molar-refractivity contribution in [1.29, 1.82) is 0 Å². The number of hydrogen-bond donors (Lipinski definition) is 0. The van der Waals surface area contributed by atoms with E-state index in [0.29, 0.717) is 0 Å². The van der Waals surface area contributed by atoms with E-state index >= 15 is 0 Å². The smallest absolute Gasteiger partial charge is 0.103 e. The summed E-state index contributed by atoms with van der Waals surface area (Å²) >= 11 is 7.02. The topological polar surface area (TPSA) is 0 Å². The Bertz CT molecular complexity index is 273. The van der Waals surface area contributed by atoms with Crippen molar-refractivity contribution in [3.63, 3.8) is 0 Å². The van der Waals surface area contributed by atoms with Crippen LogP contribution in [0.5, 0.6) is 0 Å². The quantitative estimate of drug-likeness (QED) is 0.294. The fourth-order valence-electron chi connectivity index (χ4n) is 0.994. The van der Waals surface area contributed by atoms with Crippen LogP contribution >= 0.6 is 44.7 Å². The second-order valence-corrected chi connectivity index (χ2v) is 7.16. The van der Waals surface area contributed by atoms with Crippen molar-refractivity contribution in [1.82, 2.24) is 0 Å². The molecule has 1 aromatic heterocycles. The van der Waals surface area contributed by atoms with Gasteiger partial charge in [0.25, 0.3) is 0 Å². The molecular weight excluding hydrogens is 236 g/mol. The summed E-state index contributed by atoms with van der Waals surface area (Å²) in [5.41, 5.74) is 0. The van der Waals surface area contributed by atoms with Crippen LogP contribution in [0.25, 0.3) is 0 Å². The van der Waals surface area contributed by atoms with E-state index in [4.69, 9.17) is 12.2 Å². The zero-order valence-electron chi connectivity index (χ0n) is 7.75. The summed E-state index contributed by atoms with van der Waals surface area (Å²) in [4.78, 5) is 0. The molecule has 0 N–H and O–H groups in total. The largest absolute Gasteiger partial charge is 0.115 e. The van der Waals surface area contributed by atoms with Crippen molar-refractivity contribution < 1.29 is 0 Å². The normalized spacial score (nSPS) is 10.5. The van der Waals surface area contributed by atoms with Crippen LogP contribution in [0.1, 0.15) is 32.6 Å². The average molecular weight is 250 g/mol. The lowest BCUT2D eigenvalue weighted by Gasteiger charge is -1.97. The molecule has 0 spiro atoms. The van der Waals surface area contributed by atoms with Crippen LogP contribution in [0.2, 0.25) is 0 Å². The molecule has 0 bridgehead atoms. The summed E-state index contributed by atoms with van der Waals surface area (Å²) in [6.45, 7) is 2.25. The lowest BCUT2D eigenvalue weighted by Crippen LogP contribution is -1.78. The minimum absolute atomic E-state index is 1.03. The first-order chi connectivity index (χ1) is 6.33. The van der Waals surface area contributed by atoms with E-state index in [1.807, 2.05) is 22.1 Å². The Morgan fingerprint density at radius 3 is 2.77 bits per heavy atom. The Kier molecular flexibility index (Phi) is 6.28. The van der Waals surface area contributed by atoms with Crippen molar-refractivity contribution in [3.8, 4) is 0 Å². The number of thioether (sulfide) groups is 1. The van der Waals surface area contributed by atoms with Crippen molar-refractivity contribution in [2.24, 2.45) is 0 Å². The maximum Gasteiger partial charge on any atom is 0.103 e. The van der Waals surface area contributed by atoms with Crippen LogP contribution in [-0.2, 0) is 0 Å². The highest BCUT2D eigenvalue weighted by atomic mass is 32.9. The Labute approximate surface area is 96.8 Å². The highest BCUT2D eigenvalue weighted by molar-refractivity contribution is 8.02. The van der Waals surface area contributed by atoms with E-state index in [-0.39, 0.29) is 0 Å². The first-order valence-corrected chi connectivity index (χ1v) is 8.10. The third-order valence-corrected chi connectivity index (χ3v) is 6.16. The highest BCUT2D eigenvalue weighted by Gasteiger charge is 1.96. The molecular formula is C9H14S4. The van der Waals surface area contributed by atoms with Crippen LogP contribution in [0.3, 0.4) is 0 Å². The van der Waals surface area contributed by atoms with Crippen LogP contribution in [0.15, 0.2) is 10.3 Å². The molecule has 0 fully saturated rings. The van der Waals surface area contributed by atoms with Crippen molar-refractivity contribution >= 4 is 44.7 Å². The molecule has 0 radical (unpaired) electrons. The van der Waals surface area contributed by atoms with Crippen LogP contribution in [0, 0.1) is 3.82 Å². The van der Waals surface area contributed by atoms with Gasteiger partial charge in [-0.25, -0.2) is 0 Å². The zero-order valence-corrected chi connectivity index (χ0v) is 11.0. The molecule has 0 aliphatic carbocycles. The summed E-state index contributed by atoms with van der Waals surface area (Å²) in [6, 6.07) is 2.12. The maximum atomic E-state index is 5.07. The molecule has 1 aromatic rings. The molecule has 0 amide bonds. The van der Waals surface area contributed by atoms with Gasteiger partial charge in [0.2, 0.25) is 0 Å². The van der Waals surface area contributed by atoms with Gasteiger partial charge in [-0.05, 0) is 18.2 Å². The fraction of sp³-hybridized carbons (Fsp3) is 0.667. The summed E-state index contributed by atoms with van der Waals surface area (Å²) < 4.78 is 2.42. The Hall–Kier alpha value is 0.620. The Morgan fingerprint density at radius 2 is 2.15 bits per heavy atom. The predicted octanol–water partition coefficient (Wildman–Crippen LogP) is 5.21. The van der Waals surface area contributed by atoms with Gasteiger partial charge >= 0.3 is 0 Å².